The fourth-order valence-electron chi connectivity index (χ4n) is 1.93. The standard InChI is InChI=1S/C13H18IN5O/c1-4-5-19-8-16-6-10(19)12-17-9(7-20-3)11(14)13(15-2)18-12/h6,8H,4-5,7H2,1-3H3,(H,15,17,18). The molecule has 0 aliphatic carbocycles. The third-order valence-corrected chi connectivity index (χ3v) is 3.98. The number of imidazole rings is 1. The molecule has 0 bridgehead atoms. The molecule has 0 aliphatic rings. The van der Waals surface area contributed by atoms with Crippen LogP contribution in [0.25, 0.3) is 11.5 Å². The lowest BCUT2D eigenvalue weighted by atomic mass is 10.3. The van der Waals surface area contributed by atoms with Gasteiger partial charge in [-0.15, -0.1) is 0 Å². The molecular weight excluding hydrogens is 369 g/mol. The highest BCUT2D eigenvalue weighted by Gasteiger charge is 2.15. The van der Waals surface area contributed by atoms with Gasteiger partial charge in [0.15, 0.2) is 5.82 Å². The molecule has 0 aliphatic heterocycles. The van der Waals surface area contributed by atoms with E-state index in [1.165, 1.54) is 0 Å². The average Bonchev–Trinajstić information content (AvgIpc) is 2.90. The van der Waals surface area contributed by atoms with Gasteiger partial charge in [0.05, 0.1) is 28.4 Å². The molecule has 6 nitrogen and oxygen atoms in total. The van der Waals surface area contributed by atoms with Gasteiger partial charge in [0, 0.05) is 20.7 Å². The highest BCUT2D eigenvalue weighted by atomic mass is 127. The highest BCUT2D eigenvalue weighted by Crippen LogP contribution is 2.24. The summed E-state index contributed by atoms with van der Waals surface area (Å²) >= 11 is 2.23. The third-order valence-electron chi connectivity index (χ3n) is 2.84. The molecule has 7 heteroatoms. The van der Waals surface area contributed by atoms with E-state index in [1.807, 2.05) is 13.4 Å². The lowest BCUT2D eigenvalue weighted by Gasteiger charge is -2.11. The molecule has 108 valence electrons. The normalized spacial score (nSPS) is 10.8. The number of aryl methyl sites for hydroxylation is 1. The quantitative estimate of drug-likeness (QED) is 0.772. The predicted octanol–water partition coefficient (Wildman–Crippen LogP) is 2.54. The largest absolute Gasteiger partial charge is 0.378 e. The minimum atomic E-state index is 0.463. The van der Waals surface area contributed by atoms with Gasteiger partial charge in [-0.05, 0) is 29.0 Å². The van der Waals surface area contributed by atoms with Gasteiger partial charge in [-0.2, -0.15) is 0 Å². The minimum Gasteiger partial charge on any atom is -0.378 e. The Bertz CT molecular complexity index is 584. The van der Waals surface area contributed by atoms with Crippen LogP contribution in [0, 0.1) is 3.57 Å². The van der Waals surface area contributed by atoms with Crippen molar-refractivity contribution in [1.82, 2.24) is 19.5 Å². The first kappa shape index (κ1) is 15.2. The SMILES string of the molecule is CCCn1cncc1-c1nc(COC)c(I)c(NC)n1. The van der Waals surface area contributed by atoms with E-state index in [2.05, 4.69) is 54.4 Å². The summed E-state index contributed by atoms with van der Waals surface area (Å²) in [5, 5.41) is 3.10. The molecule has 0 saturated carbocycles. The molecule has 2 heterocycles. The first-order chi connectivity index (χ1) is 9.71. The number of methoxy groups -OCH3 is 1. The first-order valence-corrected chi connectivity index (χ1v) is 7.52. The number of aromatic nitrogens is 4. The van der Waals surface area contributed by atoms with Crippen LogP contribution in [0.5, 0.6) is 0 Å². The van der Waals surface area contributed by atoms with Gasteiger partial charge in [0.2, 0.25) is 0 Å². The Labute approximate surface area is 132 Å². The van der Waals surface area contributed by atoms with Crippen LogP contribution in [0.4, 0.5) is 5.82 Å². The summed E-state index contributed by atoms with van der Waals surface area (Å²) in [4.78, 5) is 13.4. The van der Waals surface area contributed by atoms with Crippen LogP contribution < -0.4 is 5.32 Å². The molecule has 1 N–H and O–H groups in total. The first-order valence-electron chi connectivity index (χ1n) is 6.44. The summed E-state index contributed by atoms with van der Waals surface area (Å²) < 4.78 is 8.26. The van der Waals surface area contributed by atoms with Crippen molar-refractivity contribution in [3.8, 4) is 11.5 Å². The van der Waals surface area contributed by atoms with E-state index >= 15 is 0 Å². The number of nitrogens with one attached hydrogen (secondary N) is 1. The van der Waals surface area contributed by atoms with E-state index < -0.39 is 0 Å². The zero-order chi connectivity index (χ0) is 14.5. The zero-order valence-electron chi connectivity index (χ0n) is 11.9. The number of nitrogens with zero attached hydrogens (tertiary/aromatic N) is 4. The summed E-state index contributed by atoms with van der Waals surface area (Å²) in [5.74, 6) is 1.49. The van der Waals surface area contributed by atoms with E-state index in [0.717, 1.165) is 33.7 Å². The van der Waals surface area contributed by atoms with Gasteiger partial charge in [-0.3, -0.25) is 0 Å². The smallest absolute Gasteiger partial charge is 0.180 e. The van der Waals surface area contributed by atoms with Gasteiger partial charge in [0.1, 0.15) is 11.5 Å². The minimum absolute atomic E-state index is 0.463. The molecule has 0 radical (unpaired) electrons. The van der Waals surface area contributed by atoms with Crippen LogP contribution in [0.3, 0.4) is 0 Å². The number of rotatable bonds is 6. The van der Waals surface area contributed by atoms with Crippen molar-refractivity contribution in [2.45, 2.75) is 26.5 Å². The fourth-order valence-corrected chi connectivity index (χ4v) is 2.60. The Morgan fingerprint density at radius 2 is 2.20 bits per heavy atom. The van der Waals surface area contributed by atoms with Gasteiger partial charge in [-0.1, -0.05) is 6.92 Å². The summed E-state index contributed by atoms with van der Waals surface area (Å²) in [5.41, 5.74) is 1.81. The Hall–Kier alpha value is -1.22. The molecule has 0 unspecified atom stereocenters. The summed E-state index contributed by atoms with van der Waals surface area (Å²) in [6, 6.07) is 0. The average molecular weight is 387 g/mol. The second-order valence-corrected chi connectivity index (χ2v) is 5.39. The van der Waals surface area contributed by atoms with Crippen LogP contribution in [0.2, 0.25) is 0 Å². The Morgan fingerprint density at radius 1 is 1.40 bits per heavy atom. The molecule has 2 rings (SSSR count). The fraction of sp³-hybridized carbons (Fsp3) is 0.462. The molecular formula is C13H18IN5O. The van der Waals surface area contributed by atoms with E-state index in [0.29, 0.717) is 12.4 Å². The Morgan fingerprint density at radius 3 is 2.85 bits per heavy atom. The van der Waals surface area contributed by atoms with Crippen molar-refractivity contribution >= 4 is 28.4 Å². The van der Waals surface area contributed by atoms with E-state index in [4.69, 9.17) is 4.74 Å². The second-order valence-electron chi connectivity index (χ2n) is 4.31. The summed E-state index contributed by atoms with van der Waals surface area (Å²) in [7, 11) is 3.52. The monoisotopic (exact) mass is 387 g/mol. The molecule has 20 heavy (non-hydrogen) atoms. The van der Waals surface area contributed by atoms with Crippen molar-refractivity contribution in [2.75, 3.05) is 19.5 Å². The van der Waals surface area contributed by atoms with Gasteiger partial charge >= 0.3 is 0 Å². The number of hydrogen-bond donors (Lipinski definition) is 1. The second kappa shape index (κ2) is 6.98. The predicted molar refractivity (Wildman–Crippen MR) is 86.5 cm³/mol. The van der Waals surface area contributed by atoms with Crippen LogP contribution in [-0.4, -0.2) is 33.7 Å². The Kier molecular flexibility index (Phi) is 5.30. The summed E-state index contributed by atoms with van der Waals surface area (Å²) in [6.07, 6.45) is 4.65. The van der Waals surface area contributed by atoms with Gasteiger partial charge in [0.25, 0.3) is 0 Å². The number of ether oxygens (including phenoxy) is 1. The van der Waals surface area contributed by atoms with Crippen LogP contribution in [0.15, 0.2) is 12.5 Å². The van der Waals surface area contributed by atoms with Crippen molar-refractivity contribution < 1.29 is 4.74 Å². The number of halogens is 1. The maximum atomic E-state index is 5.21. The van der Waals surface area contributed by atoms with Crippen LogP contribution in [-0.2, 0) is 17.9 Å². The third kappa shape index (κ3) is 3.09. The topological polar surface area (TPSA) is 64.9 Å². The molecule has 2 aromatic rings. The van der Waals surface area contributed by atoms with Crippen LogP contribution >= 0.6 is 22.6 Å². The van der Waals surface area contributed by atoms with E-state index in [1.54, 1.807) is 13.3 Å². The van der Waals surface area contributed by atoms with Crippen molar-refractivity contribution in [3.05, 3.63) is 21.8 Å². The van der Waals surface area contributed by atoms with Crippen molar-refractivity contribution in [3.63, 3.8) is 0 Å². The van der Waals surface area contributed by atoms with Gasteiger partial charge in [-0.25, -0.2) is 15.0 Å². The van der Waals surface area contributed by atoms with Crippen LogP contribution in [0.1, 0.15) is 19.0 Å². The highest BCUT2D eigenvalue weighted by molar-refractivity contribution is 14.1. The molecule has 0 atom stereocenters. The molecule has 0 aromatic carbocycles. The van der Waals surface area contributed by atoms with Crippen molar-refractivity contribution in [1.29, 1.82) is 0 Å². The molecule has 0 spiro atoms. The molecule has 0 amide bonds. The summed E-state index contributed by atoms with van der Waals surface area (Å²) in [6.45, 7) is 3.50. The maximum absolute atomic E-state index is 5.21. The number of hydrogen-bond acceptors (Lipinski definition) is 5. The molecule has 0 fully saturated rings. The zero-order valence-corrected chi connectivity index (χ0v) is 14.0. The lowest BCUT2D eigenvalue weighted by molar-refractivity contribution is 0.181. The lowest BCUT2D eigenvalue weighted by Crippen LogP contribution is -2.08. The Balaban J connectivity index is 2.50. The number of anilines is 1. The van der Waals surface area contributed by atoms with Crippen molar-refractivity contribution in [2.24, 2.45) is 0 Å². The van der Waals surface area contributed by atoms with Gasteiger partial charge < -0.3 is 14.6 Å². The molecule has 2 aromatic heterocycles. The van der Waals surface area contributed by atoms with E-state index in [9.17, 15) is 0 Å². The molecule has 0 saturated heterocycles. The van der Waals surface area contributed by atoms with E-state index in [-0.39, 0.29) is 0 Å². The maximum Gasteiger partial charge on any atom is 0.180 e.